The molecule has 1 aliphatic carbocycles. The van der Waals surface area contributed by atoms with Gasteiger partial charge < -0.3 is 10.5 Å². The van der Waals surface area contributed by atoms with Crippen molar-refractivity contribution in [1.29, 1.82) is 0 Å². The summed E-state index contributed by atoms with van der Waals surface area (Å²) < 4.78 is 32.4. The normalized spacial score (nSPS) is 27.0. The van der Waals surface area contributed by atoms with E-state index in [1.165, 1.54) is 26.0 Å². The number of methoxy groups -OCH3 is 1. The Bertz CT molecular complexity index is 505. The summed E-state index contributed by atoms with van der Waals surface area (Å²) in [6.45, 7) is 2.05. The number of hydrogen-bond donors (Lipinski definition) is 1. The van der Waals surface area contributed by atoms with Gasteiger partial charge in [0.2, 0.25) is 5.82 Å². The third kappa shape index (κ3) is 2.52. The molecule has 5 heteroatoms. The molecule has 1 aliphatic heterocycles. The van der Waals surface area contributed by atoms with Crippen molar-refractivity contribution in [3.63, 3.8) is 0 Å². The summed E-state index contributed by atoms with van der Waals surface area (Å²) in [6, 6.07) is 3.23. The molecule has 1 saturated heterocycles. The fourth-order valence-corrected chi connectivity index (χ4v) is 3.19. The highest BCUT2D eigenvalue weighted by molar-refractivity contribution is 5.31. The van der Waals surface area contributed by atoms with Gasteiger partial charge in [-0.25, -0.2) is 4.39 Å². The van der Waals surface area contributed by atoms with Gasteiger partial charge in [-0.15, -0.1) is 0 Å². The van der Waals surface area contributed by atoms with E-state index in [1.807, 2.05) is 0 Å². The zero-order valence-electron chi connectivity index (χ0n) is 11.6. The molecule has 0 spiro atoms. The number of benzene rings is 1. The molecule has 3 rings (SSSR count). The maximum Gasteiger partial charge on any atom is 0.200 e. The van der Waals surface area contributed by atoms with Gasteiger partial charge in [-0.2, -0.15) is 4.39 Å². The van der Waals surface area contributed by atoms with E-state index in [0.29, 0.717) is 18.0 Å². The average molecular weight is 282 g/mol. The van der Waals surface area contributed by atoms with Crippen LogP contribution >= 0.6 is 0 Å². The average Bonchev–Trinajstić information content (AvgIpc) is 3.20. The van der Waals surface area contributed by atoms with Crippen molar-refractivity contribution in [2.24, 2.45) is 17.6 Å². The number of likely N-dealkylation sites (tertiary alicyclic amines) is 1. The minimum Gasteiger partial charge on any atom is -0.494 e. The molecule has 3 nitrogen and oxygen atoms in total. The van der Waals surface area contributed by atoms with Crippen molar-refractivity contribution in [2.75, 3.05) is 20.2 Å². The predicted molar refractivity (Wildman–Crippen MR) is 72.4 cm³/mol. The van der Waals surface area contributed by atoms with Gasteiger partial charge in [0.15, 0.2) is 11.6 Å². The second-order valence-electron chi connectivity index (χ2n) is 5.91. The van der Waals surface area contributed by atoms with Crippen LogP contribution in [0.25, 0.3) is 0 Å². The fraction of sp³-hybridized carbons (Fsp3) is 0.600. The first-order valence-electron chi connectivity index (χ1n) is 7.09. The van der Waals surface area contributed by atoms with E-state index < -0.39 is 11.6 Å². The monoisotopic (exact) mass is 282 g/mol. The molecule has 1 saturated carbocycles. The smallest absolute Gasteiger partial charge is 0.200 e. The Morgan fingerprint density at radius 3 is 2.65 bits per heavy atom. The highest BCUT2D eigenvalue weighted by atomic mass is 19.2. The first kappa shape index (κ1) is 13.8. The van der Waals surface area contributed by atoms with E-state index in [-0.39, 0.29) is 11.8 Å². The van der Waals surface area contributed by atoms with Crippen molar-refractivity contribution in [3.05, 3.63) is 29.3 Å². The standard InChI is InChI=1S/C15H20F2N2O/c1-20-13-5-4-10(14(16)15(13)17)6-19-7-11(9-2-3-9)12(18)8-19/h4-5,9,11-12H,2-3,6-8,18H2,1H3/t11-,12+/m1/s1. The molecule has 0 bridgehead atoms. The lowest BCUT2D eigenvalue weighted by Gasteiger charge is -2.17. The molecular weight excluding hydrogens is 262 g/mol. The number of halogens is 2. The van der Waals surface area contributed by atoms with Crippen LogP contribution in [0.3, 0.4) is 0 Å². The lowest BCUT2D eigenvalue weighted by Crippen LogP contribution is -2.30. The number of ether oxygens (including phenoxy) is 1. The first-order chi connectivity index (χ1) is 9.60. The predicted octanol–water partition coefficient (Wildman–Crippen LogP) is 2.14. The van der Waals surface area contributed by atoms with E-state index in [1.54, 1.807) is 6.07 Å². The van der Waals surface area contributed by atoms with Gasteiger partial charge in [0, 0.05) is 31.2 Å². The number of hydrogen-bond acceptors (Lipinski definition) is 3. The van der Waals surface area contributed by atoms with Crippen molar-refractivity contribution in [1.82, 2.24) is 4.90 Å². The van der Waals surface area contributed by atoms with Crippen LogP contribution in [0.4, 0.5) is 8.78 Å². The van der Waals surface area contributed by atoms with Crippen LogP contribution < -0.4 is 10.5 Å². The molecule has 1 aromatic carbocycles. The summed E-state index contributed by atoms with van der Waals surface area (Å²) in [5, 5.41) is 0. The minimum absolute atomic E-state index is 0.0553. The van der Waals surface area contributed by atoms with Crippen LogP contribution in [0.5, 0.6) is 5.75 Å². The molecule has 2 N–H and O–H groups in total. The molecule has 0 unspecified atom stereocenters. The van der Waals surface area contributed by atoms with E-state index in [4.69, 9.17) is 10.5 Å². The van der Waals surface area contributed by atoms with Crippen molar-refractivity contribution >= 4 is 0 Å². The number of nitrogens with zero attached hydrogens (tertiary/aromatic N) is 1. The Kier molecular flexibility index (Phi) is 3.65. The molecule has 20 heavy (non-hydrogen) atoms. The maximum atomic E-state index is 14.0. The Morgan fingerprint density at radius 1 is 1.25 bits per heavy atom. The van der Waals surface area contributed by atoms with Gasteiger partial charge >= 0.3 is 0 Å². The topological polar surface area (TPSA) is 38.5 Å². The minimum atomic E-state index is -0.910. The largest absolute Gasteiger partial charge is 0.494 e. The molecule has 110 valence electrons. The van der Waals surface area contributed by atoms with Crippen LogP contribution in [0.1, 0.15) is 18.4 Å². The van der Waals surface area contributed by atoms with Gasteiger partial charge in [-0.1, -0.05) is 6.07 Å². The molecule has 1 heterocycles. The molecule has 0 radical (unpaired) electrons. The van der Waals surface area contributed by atoms with Crippen molar-refractivity contribution < 1.29 is 13.5 Å². The van der Waals surface area contributed by atoms with E-state index in [2.05, 4.69) is 4.90 Å². The molecular formula is C15H20F2N2O. The summed E-state index contributed by atoms with van der Waals surface area (Å²) in [5.41, 5.74) is 6.52. The number of rotatable bonds is 4. The summed E-state index contributed by atoms with van der Waals surface area (Å²) >= 11 is 0. The van der Waals surface area contributed by atoms with Crippen LogP contribution in [0, 0.1) is 23.5 Å². The quantitative estimate of drug-likeness (QED) is 0.919. The van der Waals surface area contributed by atoms with Gasteiger partial charge in [0.25, 0.3) is 0 Å². The molecule has 0 aromatic heterocycles. The Hall–Kier alpha value is -1.20. The highest BCUT2D eigenvalue weighted by Gasteiger charge is 2.40. The fourth-order valence-electron chi connectivity index (χ4n) is 3.19. The zero-order chi connectivity index (χ0) is 14.3. The second kappa shape index (κ2) is 5.30. The third-order valence-corrected chi connectivity index (χ3v) is 4.46. The lowest BCUT2D eigenvalue weighted by molar-refractivity contribution is 0.300. The van der Waals surface area contributed by atoms with Gasteiger partial charge in [-0.3, -0.25) is 4.90 Å². The van der Waals surface area contributed by atoms with Gasteiger partial charge in [-0.05, 0) is 30.7 Å². The molecule has 1 aromatic rings. The SMILES string of the molecule is COc1ccc(CN2C[C@H](C3CC3)[C@@H](N)C2)c(F)c1F. The lowest BCUT2D eigenvalue weighted by atomic mass is 9.99. The summed E-state index contributed by atoms with van der Waals surface area (Å²) in [6.07, 6.45) is 2.52. The second-order valence-corrected chi connectivity index (χ2v) is 5.91. The summed E-state index contributed by atoms with van der Waals surface area (Å²) in [5.74, 6) is -0.520. The van der Waals surface area contributed by atoms with Gasteiger partial charge in [0.1, 0.15) is 0 Å². The van der Waals surface area contributed by atoms with Crippen LogP contribution in [0.15, 0.2) is 12.1 Å². The first-order valence-corrected chi connectivity index (χ1v) is 7.09. The van der Waals surface area contributed by atoms with E-state index in [0.717, 1.165) is 19.0 Å². The maximum absolute atomic E-state index is 14.0. The van der Waals surface area contributed by atoms with E-state index >= 15 is 0 Å². The van der Waals surface area contributed by atoms with Crippen molar-refractivity contribution in [2.45, 2.75) is 25.4 Å². The summed E-state index contributed by atoms with van der Waals surface area (Å²) in [7, 11) is 1.33. The number of nitrogens with two attached hydrogens (primary N) is 1. The molecule has 2 aliphatic rings. The zero-order valence-corrected chi connectivity index (χ0v) is 11.6. The Balaban J connectivity index is 1.70. The molecule has 2 fully saturated rings. The van der Waals surface area contributed by atoms with Crippen LogP contribution in [-0.2, 0) is 6.54 Å². The third-order valence-electron chi connectivity index (χ3n) is 4.46. The van der Waals surface area contributed by atoms with E-state index in [9.17, 15) is 8.78 Å². The highest BCUT2D eigenvalue weighted by Crippen LogP contribution is 2.41. The molecule has 2 atom stereocenters. The molecule has 0 amide bonds. The Labute approximate surface area is 117 Å². The van der Waals surface area contributed by atoms with Gasteiger partial charge in [0.05, 0.1) is 7.11 Å². The van der Waals surface area contributed by atoms with Crippen molar-refractivity contribution in [3.8, 4) is 5.75 Å². The van der Waals surface area contributed by atoms with Crippen LogP contribution in [-0.4, -0.2) is 31.1 Å². The Morgan fingerprint density at radius 2 is 2.00 bits per heavy atom. The summed E-state index contributed by atoms with van der Waals surface area (Å²) in [4.78, 5) is 2.12. The van der Waals surface area contributed by atoms with Crippen LogP contribution in [0.2, 0.25) is 0 Å².